The third-order valence-electron chi connectivity index (χ3n) is 6.51. The van der Waals surface area contributed by atoms with Crippen LogP contribution in [0.2, 0.25) is 20.1 Å². The van der Waals surface area contributed by atoms with Gasteiger partial charge in [-0.1, -0.05) is 95.8 Å². The van der Waals surface area contributed by atoms with Gasteiger partial charge in [-0.25, -0.2) is 8.42 Å². The molecule has 0 saturated heterocycles. The number of hydrogen-bond acceptors (Lipinski definition) is 4. The highest BCUT2D eigenvalue weighted by Crippen LogP contribution is 2.34. The maximum absolute atomic E-state index is 14.1. The molecule has 3 rings (SSSR count). The monoisotopic (exact) mass is 657 g/mol. The lowest BCUT2D eigenvalue weighted by atomic mass is 10.0. The van der Waals surface area contributed by atoms with Gasteiger partial charge in [-0.05, 0) is 48.7 Å². The number of nitrogens with zero attached hydrogens (tertiary/aromatic N) is 2. The molecule has 3 aromatic carbocycles. The van der Waals surface area contributed by atoms with Crippen molar-refractivity contribution in [2.45, 2.75) is 45.3 Å². The van der Waals surface area contributed by atoms with Crippen LogP contribution >= 0.6 is 46.4 Å². The normalized spacial score (nSPS) is 12.9. The molecule has 7 nitrogen and oxygen atoms in total. The molecule has 220 valence electrons. The van der Waals surface area contributed by atoms with Crippen molar-refractivity contribution in [1.29, 1.82) is 0 Å². The number of anilines is 1. The van der Waals surface area contributed by atoms with Crippen molar-refractivity contribution in [3.05, 3.63) is 97.9 Å². The van der Waals surface area contributed by atoms with E-state index in [0.29, 0.717) is 22.0 Å². The van der Waals surface area contributed by atoms with Crippen molar-refractivity contribution >= 4 is 73.9 Å². The maximum Gasteiger partial charge on any atom is 0.244 e. The van der Waals surface area contributed by atoms with Crippen LogP contribution in [0.25, 0.3) is 0 Å². The zero-order chi connectivity index (χ0) is 30.3. The van der Waals surface area contributed by atoms with Gasteiger partial charge in [0, 0.05) is 29.1 Å². The van der Waals surface area contributed by atoms with Crippen molar-refractivity contribution in [2.75, 3.05) is 17.1 Å². The molecule has 0 spiro atoms. The van der Waals surface area contributed by atoms with Crippen molar-refractivity contribution in [3.63, 3.8) is 0 Å². The number of halogens is 4. The molecule has 0 bridgehead atoms. The lowest BCUT2D eigenvalue weighted by Gasteiger charge is -2.34. The highest BCUT2D eigenvalue weighted by atomic mass is 35.5. The van der Waals surface area contributed by atoms with Crippen molar-refractivity contribution in [2.24, 2.45) is 0 Å². The molecule has 0 aliphatic heterocycles. The largest absolute Gasteiger partial charge is 0.352 e. The van der Waals surface area contributed by atoms with Crippen LogP contribution in [0.15, 0.2) is 66.7 Å². The minimum absolute atomic E-state index is 0.0185. The molecule has 3 aromatic rings. The maximum atomic E-state index is 14.1. The van der Waals surface area contributed by atoms with Gasteiger partial charge in [0.15, 0.2) is 0 Å². The molecule has 2 amide bonds. The van der Waals surface area contributed by atoms with E-state index in [9.17, 15) is 18.0 Å². The predicted octanol–water partition coefficient (Wildman–Crippen LogP) is 6.62. The first-order chi connectivity index (χ1) is 19.3. The van der Waals surface area contributed by atoms with Crippen LogP contribution in [0.5, 0.6) is 0 Å². The van der Waals surface area contributed by atoms with E-state index in [4.69, 9.17) is 46.4 Å². The van der Waals surface area contributed by atoms with E-state index in [-0.39, 0.29) is 40.6 Å². The summed E-state index contributed by atoms with van der Waals surface area (Å²) in [5.74, 6) is -1.02. The van der Waals surface area contributed by atoms with Crippen molar-refractivity contribution in [3.8, 4) is 0 Å². The van der Waals surface area contributed by atoms with E-state index >= 15 is 0 Å². The van der Waals surface area contributed by atoms with Crippen LogP contribution in [-0.4, -0.2) is 50.0 Å². The standard InChI is InChI=1S/C29H31Cl4N3O4S/c1-4-19(2)34-29(38)26(15-20-9-6-5-7-10-20)35(17-21-13-14-22(30)16-24(21)32)27(37)18-36(41(3,39)40)25-12-8-11-23(31)28(25)33/h5-14,16,19,26H,4,15,17-18H2,1-3H3,(H,34,38)/t19-,26+/m1/s1. The van der Waals surface area contributed by atoms with Crippen LogP contribution in [-0.2, 0) is 32.6 Å². The van der Waals surface area contributed by atoms with Crippen LogP contribution in [0.4, 0.5) is 5.69 Å². The molecule has 12 heteroatoms. The van der Waals surface area contributed by atoms with Gasteiger partial charge in [0.1, 0.15) is 12.6 Å². The van der Waals surface area contributed by atoms with Gasteiger partial charge < -0.3 is 10.2 Å². The first kappa shape index (κ1) is 33.0. The average molecular weight is 659 g/mol. The van der Waals surface area contributed by atoms with E-state index in [1.165, 1.54) is 23.1 Å². The second-order valence-electron chi connectivity index (χ2n) is 9.62. The van der Waals surface area contributed by atoms with Crippen LogP contribution in [0.1, 0.15) is 31.4 Å². The predicted molar refractivity (Wildman–Crippen MR) is 167 cm³/mol. The Morgan fingerprint density at radius 2 is 1.61 bits per heavy atom. The summed E-state index contributed by atoms with van der Waals surface area (Å²) in [4.78, 5) is 29.2. The zero-order valence-corrected chi connectivity index (χ0v) is 26.6. The molecule has 1 N–H and O–H groups in total. The SMILES string of the molecule is CC[C@@H](C)NC(=O)[C@H](Cc1ccccc1)N(Cc1ccc(Cl)cc1Cl)C(=O)CN(c1cccc(Cl)c1Cl)S(C)(=O)=O. The summed E-state index contributed by atoms with van der Waals surface area (Å²) in [5, 5.41) is 3.79. The summed E-state index contributed by atoms with van der Waals surface area (Å²) in [6.45, 7) is 3.09. The quantitative estimate of drug-likeness (QED) is 0.237. The minimum atomic E-state index is -4.00. The number of carbonyl (C=O) groups is 2. The number of amides is 2. The highest BCUT2D eigenvalue weighted by Gasteiger charge is 2.34. The molecule has 0 fully saturated rings. The third kappa shape index (κ3) is 9.00. The van der Waals surface area contributed by atoms with Gasteiger partial charge in [0.25, 0.3) is 0 Å². The highest BCUT2D eigenvalue weighted by molar-refractivity contribution is 7.92. The Balaban J connectivity index is 2.12. The summed E-state index contributed by atoms with van der Waals surface area (Å²) >= 11 is 25.1. The van der Waals surface area contributed by atoms with Gasteiger partial charge in [0.05, 0.1) is 22.0 Å². The van der Waals surface area contributed by atoms with Gasteiger partial charge >= 0.3 is 0 Å². The molecule has 0 aromatic heterocycles. The second kappa shape index (κ2) is 14.6. The Kier molecular flexibility index (Phi) is 11.8. The second-order valence-corrected chi connectivity index (χ2v) is 13.2. The summed E-state index contributed by atoms with van der Waals surface area (Å²) in [6.07, 6.45) is 1.82. The number of sulfonamides is 1. The van der Waals surface area contributed by atoms with Crippen molar-refractivity contribution in [1.82, 2.24) is 10.2 Å². The van der Waals surface area contributed by atoms with Crippen LogP contribution in [0, 0.1) is 0 Å². The number of carbonyl (C=O) groups excluding carboxylic acids is 2. The Morgan fingerprint density at radius 3 is 2.22 bits per heavy atom. The summed E-state index contributed by atoms with van der Waals surface area (Å²) in [5.41, 5.74) is 1.39. The number of nitrogens with one attached hydrogen (secondary N) is 1. The van der Waals surface area contributed by atoms with Crippen LogP contribution in [0.3, 0.4) is 0 Å². The van der Waals surface area contributed by atoms with Crippen molar-refractivity contribution < 1.29 is 18.0 Å². The fraction of sp³-hybridized carbons (Fsp3) is 0.310. The Labute approximate surface area is 261 Å². The van der Waals surface area contributed by atoms with Gasteiger partial charge in [-0.15, -0.1) is 0 Å². The fourth-order valence-corrected chi connectivity index (χ4v) is 5.88. The van der Waals surface area contributed by atoms with Gasteiger partial charge in [0.2, 0.25) is 21.8 Å². The molecule has 41 heavy (non-hydrogen) atoms. The molecule has 0 saturated carbocycles. The Bertz CT molecular complexity index is 1490. The Hall–Kier alpha value is -2.49. The molecule has 0 aliphatic rings. The fourth-order valence-electron chi connectivity index (χ4n) is 4.11. The van der Waals surface area contributed by atoms with Gasteiger partial charge in [-0.3, -0.25) is 13.9 Å². The summed E-state index contributed by atoms with van der Waals surface area (Å²) in [7, 11) is -4.00. The van der Waals surface area contributed by atoms with E-state index in [1.807, 2.05) is 44.2 Å². The topological polar surface area (TPSA) is 86.8 Å². The van der Waals surface area contributed by atoms with E-state index in [2.05, 4.69) is 5.32 Å². The first-order valence-electron chi connectivity index (χ1n) is 12.8. The molecule has 0 unspecified atom stereocenters. The van der Waals surface area contributed by atoms with E-state index in [1.54, 1.807) is 18.2 Å². The molecule has 0 radical (unpaired) electrons. The summed E-state index contributed by atoms with van der Waals surface area (Å²) in [6, 6.07) is 17.4. The number of hydrogen-bond donors (Lipinski definition) is 1. The third-order valence-corrected chi connectivity index (χ3v) is 9.03. The molecule has 0 aliphatic carbocycles. The molecule has 0 heterocycles. The Morgan fingerprint density at radius 1 is 0.927 bits per heavy atom. The smallest absolute Gasteiger partial charge is 0.244 e. The van der Waals surface area contributed by atoms with E-state index < -0.39 is 28.5 Å². The molecule has 2 atom stereocenters. The molecular weight excluding hydrogens is 628 g/mol. The zero-order valence-electron chi connectivity index (χ0n) is 22.8. The average Bonchev–Trinajstić information content (AvgIpc) is 2.91. The summed E-state index contributed by atoms with van der Waals surface area (Å²) < 4.78 is 26.7. The lowest BCUT2D eigenvalue weighted by Crippen LogP contribution is -2.54. The number of benzene rings is 3. The van der Waals surface area contributed by atoms with Crippen LogP contribution < -0.4 is 9.62 Å². The lowest BCUT2D eigenvalue weighted by molar-refractivity contribution is -0.140. The minimum Gasteiger partial charge on any atom is -0.352 e. The first-order valence-corrected chi connectivity index (χ1v) is 16.2. The van der Waals surface area contributed by atoms with Gasteiger partial charge in [-0.2, -0.15) is 0 Å². The van der Waals surface area contributed by atoms with E-state index in [0.717, 1.165) is 16.1 Å². The number of rotatable bonds is 12. The molecular formula is C29H31Cl4N3O4S.